The average Bonchev–Trinajstić information content (AvgIpc) is 3.06. The van der Waals surface area contributed by atoms with E-state index < -0.39 is 38.0 Å². The SMILES string of the molecule is Cn1ccnc1C(NS(=O)(=O)c1cn(C)c(=O)n(C)c1=O)c1cccc(F)c1. The van der Waals surface area contributed by atoms with Gasteiger partial charge in [0.25, 0.3) is 5.56 Å². The van der Waals surface area contributed by atoms with Crippen LogP contribution in [0, 0.1) is 5.82 Å². The summed E-state index contributed by atoms with van der Waals surface area (Å²) in [5.41, 5.74) is -1.32. The Hall–Kier alpha value is -3.05. The number of aryl methyl sites for hydroxylation is 2. The number of nitrogens with one attached hydrogen (secondary N) is 1. The van der Waals surface area contributed by atoms with Crippen LogP contribution < -0.4 is 16.0 Å². The number of imidazole rings is 1. The van der Waals surface area contributed by atoms with Gasteiger partial charge in [0.05, 0.1) is 0 Å². The van der Waals surface area contributed by atoms with E-state index in [0.29, 0.717) is 16.0 Å². The predicted molar refractivity (Wildman–Crippen MR) is 98.7 cm³/mol. The Morgan fingerprint density at radius 1 is 1.14 bits per heavy atom. The Kier molecular flexibility index (Phi) is 5.04. The van der Waals surface area contributed by atoms with Gasteiger partial charge in [-0.3, -0.25) is 9.36 Å². The third-order valence-corrected chi connectivity index (χ3v) is 5.68. The maximum absolute atomic E-state index is 13.7. The van der Waals surface area contributed by atoms with Crippen LogP contribution in [-0.4, -0.2) is 27.1 Å². The summed E-state index contributed by atoms with van der Waals surface area (Å²) in [6, 6.07) is 4.35. The normalized spacial score (nSPS) is 12.9. The molecule has 1 unspecified atom stereocenters. The zero-order chi connectivity index (χ0) is 20.6. The van der Waals surface area contributed by atoms with Crippen molar-refractivity contribution in [2.75, 3.05) is 0 Å². The molecule has 3 rings (SSSR count). The van der Waals surface area contributed by atoms with Crippen molar-refractivity contribution in [2.24, 2.45) is 21.1 Å². The minimum atomic E-state index is -4.37. The second-order valence-corrected chi connectivity index (χ2v) is 7.94. The molecule has 0 radical (unpaired) electrons. The number of benzene rings is 1. The molecular weight excluding hydrogens is 389 g/mol. The molecule has 0 saturated heterocycles. The molecule has 28 heavy (non-hydrogen) atoms. The molecule has 1 aromatic carbocycles. The lowest BCUT2D eigenvalue weighted by Gasteiger charge is -2.19. The summed E-state index contributed by atoms with van der Waals surface area (Å²) >= 11 is 0. The van der Waals surface area contributed by atoms with Crippen molar-refractivity contribution in [3.63, 3.8) is 0 Å². The van der Waals surface area contributed by atoms with Gasteiger partial charge >= 0.3 is 5.69 Å². The van der Waals surface area contributed by atoms with Gasteiger partial charge in [0.15, 0.2) is 4.90 Å². The molecule has 1 N–H and O–H groups in total. The summed E-state index contributed by atoms with van der Waals surface area (Å²) in [7, 11) is -0.190. The van der Waals surface area contributed by atoms with Crippen LogP contribution in [0.1, 0.15) is 17.4 Å². The number of aromatic nitrogens is 4. The first kappa shape index (κ1) is 19.7. The fourth-order valence-electron chi connectivity index (χ4n) is 2.79. The van der Waals surface area contributed by atoms with E-state index in [2.05, 4.69) is 9.71 Å². The molecule has 9 nitrogen and oxygen atoms in total. The molecule has 1 atom stereocenters. The van der Waals surface area contributed by atoms with Crippen molar-refractivity contribution >= 4 is 10.0 Å². The van der Waals surface area contributed by atoms with Gasteiger partial charge < -0.3 is 9.13 Å². The van der Waals surface area contributed by atoms with E-state index in [9.17, 15) is 22.4 Å². The summed E-state index contributed by atoms with van der Waals surface area (Å²) in [5.74, 6) is -0.246. The van der Waals surface area contributed by atoms with Gasteiger partial charge in [-0.05, 0) is 17.7 Å². The predicted octanol–water partition coefficient (Wildman–Crippen LogP) is 0.0245. The quantitative estimate of drug-likeness (QED) is 0.642. The van der Waals surface area contributed by atoms with Crippen LogP contribution in [0.3, 0.4) is 0 Å². The van der Waals surface area contributed by atoms with Gasteiger partial charge in [-0.15, -0.1) is 0 Å². The maximum Gasteiger partial charge on any atom is 0.330 e. The second kappa shape index (κ2) is 7.17. The molecule has 0 aliphatic carbocycles. The van der Waals surface area contributed by atoms with E-state index >= 15 is 0 Å². The first-order valence-electron chi connectivity index (χ1n) is 8.13. The van der Waals surface area contributed by atoms with Crippen LogP contribution in [-0.2, 0) is 31.2 Å². The number of hydrogen-bond donors (Lipinski definition) is 1. The fraction of sp³-hybridized carbons (Fsp3) is 0.235. The maximum atomic E-state index is 13.7. The number of hydrogen-bond acceptors (Lipinski definition) is 5. The van der Waals surface area contributed by atoms with Gasteiger partial charge in [-0.1, -0.05) is 12.1 Å². The van der Waals surface area contributed by atoms with Crippen LogP contribution in [0.2, 0.25) is 0 Å². The standard InChI is InChI=1S/C17H18FN5O4S/c1-21-8-7-19-15(21)14(11-5-4-6-12(18)9-11)20-28(26,27)13-10-22(2)17(25)23(3)16(13)24/h4-10,14,20H,1-3H3. The van der Waals surface area contributed by atoms with E-state index in [1.807, 2.05) is 0 Å². The minimum Gasteiger partial charge on any atom is -0.336 e. The molecule has 0 fully saturated rings. The van der Waals surface area contributed by atoms with E-state index in [-0.39, 0.29) is 0 Å². The van der Waals surface area contributed by atoms with Crippen molar-refractivity contribution < 1.29 is 12.8 Å². The highest BCUT2D eigenvalue weighted by molar-refractivity contribution is 7.89. The van der Waals surface area contributed by atoms with Crippen molar-refractivity contribution in [3.05, 3.63) is 80.9 Å². The largest absolute Gasteiger partial charge is 0.336 e. The van der Waals surface area contributed by atoms with Crippen LogP contribution in [0.15, 0.2) is 57.3 Å². The molecule has 148 valence electrons. The fourth-order valence-corrected chi connectivity index (χ4v) is 4.13. The first-order valence-corrected chi connectivity index (χ1v) is 9.62. The molecular formula is C17H18FN5O4S. The molecule has 0 saturated carbocycles. The highest BCUT2D eigenvalue weighted by atomic mass is 32.2. The third-order valence-electron chi connectivity index (χ3n) is 4.28. The van der Waals surface area contributed by atoms with Crippen molar-refractivity contribution in [3.8, 4) is 0 Å². The lowest BCUT2D eigenvalue weighted by atomic mass is 10.1. The molecule has 0 aliphatic rings. The Bertz CT molecular complexity index is 1260. The second-order valence-electron chi connectivity index (χ2n) is 6.26. The first-order chi connectivity index (χ1) is 13.1. The van der Waals surface area contributed by atoms with Crippen LogP contribution in [0.5, 0.6) is 0 Å². The molecule has 0 aliphatic heterocycles. The smallest absolute Gasteiger partial charge is 0.330 e. The summed E-state index contributed by atoms with van der Waals surface area (Å²) in [6.45, 7) is 0. The van der Waals surface area contributed by atoms with E-state index in [1.165, 1.54) is 38.5 Å². The zero-order valence-corrected chi connectivity index (χ0v) is 16.1. The molecule has 3 aromatic rings. The third kappa shape index (κ3) is 3.53. The summed E-state index contributed by atoms with van der Waals surface area (Å²) in [5, 5.41) is 0. The Morgan fingerprint density at radius 3 is 2.46 bits per heavy atom. The van der Waals surface area contributed by atoms with Crippen molar-refractivity contribution in [2.45, 2.75) is 10.9 Å². The monoisotopic (exact) mass is 407 g/mol. The summed E-state index contributed by atoms with van der Waals surface area (Å²) in [4.78, 5) is 27.7. The van der Waals surface area contributed by atoms with Gasteiger partial charge in [0.2, 0.25) is 10.0 Å². The number of halogens is 1. The van der Waals surface area contributed by atoms with Crippen molar-refractivity contribution in [1.82, 2.24) is 23.4 Å². The van der Waals surface area contributed by atoms with E-state index in [1.54, 1.807) is 23.9 Å². The molecule has 0 bridgehead atoms. The van der Waals surface area contributed by atoms with E-state index in [0.717, 1.165) is 10.8 Å². The Labute approximate surface area is 159 Å². The molecule has 2 heterocycles. The van der Waals surface area contributed by atoms with Gasteiger partial charge in [-0.2, -0.15) is 4.72 Å². The van der Waals surface area contributed by atoms with E-state index in [4.69, 9.17) is 0 Å². The molecule has 11 heteroatoms. The molecule has 0 spiro atoms. The number of sulfonamides is 1. The molecule has 2 aromatic heterocycles. The summed E-state index contributed by atoms with van der Waals surface area (Å²) < 4.78 is 45.4. The van der Waals surface area contributed by atoms with Crippen molar-refractivity contribution in [1.29, 1.82) is 0 Å². The minimum absolute atomic E-state index is 0.302. The van der Waals surface area contributed by atoms with Crippen LogP contribution in [0.4, 0.5) is 4.39 Å². The highest BCUT2D eigenvalue weighted by Crippen LogP contribution is 2.23. The zero-order valence-electron chi connectivity index (χ0n) is 15.3. The van der Waals surface area contributed by atoms with Gasteiger partial charge in [-0.25, -0.2) is 22.6 Å². The average molecular weight is 407 g/mol. The summed E-state index contributed by atoms with van der Waals surface area (Å²) in [6.07, 6.45) is 4.04. The lowest BCUT2D eigenvalue weighted by Crippen LogP contribution is -2.42. The molecule has 0 amide bonds. The van der Waals surface area contributed by atoms with Crippen LogP contribution >= 0.6 is 0 Å². The Morgan fingerprint density at radius 2 is 1.86 bits per heavy atom. The topological polar surface area (TPSA) is 108 Å². The van der Waals surface area contributed by atoms with Gasteiger partial charge in [0, 0.05) is 39.7 Å². The Balaban J connectivity index is 2.15. The van der Waals surface area contributed by atoms with Crippen LogP contribution in [0.25, 0.3) is 0 Å². The lowest BCUT2D eigenvalue weighted by molar-refractivity contribution is 0.552. The number of nitrogens with zero attached hydrogens (tertiary/aromatic N) is 4. The van der Waals surface area contributed by atoms with Gasteiger partial charge in [0.1, 0.15) is 17.7 Å². The number of rotatable bonds is 5. The highest BCUT2D eigenvalue weighted by Gasteiger charge is 2.29.